The second-order valence-corrected chi connectivity index (χ2v) is 5.05. The molecule has 0 saturated carbocycles. The highest BCUT2D eigenvalue weighted by Gasteiger charge is 2.31. The van der Waals surface area contributed by atoms with Crippen LogP contribution in [0.1, 0.15) is 34.8 Å². The maximum absolute atomic E-state index is 13.8. The summed E-state index contributed by atoms with van der Waals surface area (Å²) in [6.07, 6.45) is 1.89. The average Bonchev–Trinajstić information content (AvgIpc) is 2.97. The molecular weight excluding hydrogens is 253 g/mol. The first-order valence-corrected chi connectivity index (χ1v) is 6.88. The van der Waals surface area contributed by atoms with E-state index in [0.29, 0.717) is 6.54 Å². The minimum absolute atomic E-state index is 0.0586. The van der Waals surface area contributed by atoms with Crippen LogP contribution in [0.2, 0.25) is 0 Å². The van der Waals surface area contributed by atoms with Gasteiger partial charge in [0.1, 0.15) is 5.82 Å². The molecule has 1 aliphatic rings. The van der Waals surface area contributed by atoms with Crippen LogP contribution in [0.5, 0.6) is 0 Å². The largest absolute Gasteiger partial charge is 0.332 e. The fourth-order valence-corrected chi connectivity index (χ4v) is 2.82. The van der Waals surface area contributed by atoms with Gasteiger partial charge in [0.25, 0.3) is 5.91 Å². The van der Waals surface area contributed by atoms with E-state index >= 15 is 0 Å². The van der Waals surface area contributed by atoms with E-state index in [9.17, 15) is 9.18 Å². The smallest absolute Gasteiger partial charge is 0.257 e. The second-order valence-electron chi connectivity index (χ2n) is 5.05. The fourth-order valence-electron chi connectivity index (χ4n) is 2.82. The Morgan fingerprint density at radius 3 is 2.50 bits per heavy atom. The number of halogens is 1. The van der Waals surface area contributed by atoms with Crippen LogP contribution in [0.4, 0.5) is 4.39 Å². The van der Waals surface area contributed by atoms with Crippen molar-refractivity contribution in [2.75, 3.05) is 6.54 Å². The Balaban J connectivity index is 1.90. The molecule has 0 radical (unpaired) electrons. The maximum atomic E-state index is 13.8. The molecule has 1 saturated heterocycles. The minimum Gasteiger partial charge on any atom is -0.332 e. The molecule has 1 atom stereocenters. The molecule has 1 unspecified atom stereocenters. The summed E-state index contributed by atoms with van der Waals surface area (Å²) >= 11 is 0. The third-order valence-corrected chi connectivity index (χ3v) is 3.80. The molecule has 20 heavy (non-hydrogen) atoms. The molecule has 2 aromatic carbocycles. The highest BCUT2D eigenvalue weighted by atomic mass is 19.1. The molecule has 0 N–H and O–H groups in total. The third-order valence-electron chi connectivity index (χ3n) is 3.80. The lowest BCUT2D eigenvalue weighted by molar-refractivity contribution is 0.0731. The van der Waals surface area contributed by atoms with Gasteiger partial charge >= 0.3 is 0 Å². The Bertz CT molecular complexity index is 611. The van der Waals surface area contributed by atoms with Crippen molar-refractivity contribution < 1.29 is 9.18 Å². The van der Waals surface area contributed by atoms with Gasteiger partial charge < -0.3 is 4.90 Å². The number of nitrogens with zero attached hydrogens (tertiary/aromatic N) is 1. The van der Waals surface area contributed by atoms with Crippen molar-refractivity contribution in [1.82, 2.24) is 4.90 Å². The van der Waals surface area contributed by atoms with Gasteiger partial charge in [-0.1, -0.05) is 42.5 Å². The normalized spacial score (nSPS) is 18.2. The summed E-state index contributed by atoms with van der Waals surface area (Å²) in [5.74, 6) is -0.661. The van der Waals surface area contributed by atoms with Crippen molar-refractivity contribution in [1.29, 1.82) is 0 Å². The molecule has 0 spiro atoms. The van der Waals surface area contributed by atoms with Crippen molar-refractivity contribution in [3.8, 4) is 0 Å². The summed E-state index contributed by atoms with van der Waals surface area (Å²) in [5, 5.41) is 0. The lowest BCUT2D eigenvalue weighted by atomic mass is 10.0. The second kappa shape index (κ2) is 5.45. The zero-order valence-electron chi connectivity index (χ0n) is 11.1. The van der Waals surface area contributed by atoms with Gasteiger partial charge in [-0.05, 0) is 30.5 Å². The van der Waals surface area contributed by atoms with Crippen molar-refractivity contribution >= 4 is 5.91 Å². The first-order chi connectivity index (χ1) is 9.77. The first kappa shape index (κ1) is 12.9. The Labute approximate surface area is 117 Å². The van der Waals surface area contributed by atoms with Gasteiger partial charge in [-0.25, -0.2) is 4.39 Å². The van der Waals surface area contributed by atoms with Gasteiger partial charge in [0.05, 0.1) is 11.6 Å². The van der Waals surface area contributed by atoms with E-state index in [0.717, 1.165) is 18.4 Å². The van der Waals surface area contributed by atoms with E-state index in [2.05, 4.69) is 0 Å². The van der Waals surface area contributed by atoms with Crippen molar-refractivity contribution in [2.24, 2.45) is 0 Å². The van der Waals surface area contributed by atoms with Crippen molar-refractivity contribution in [3.63, 3.8) is 0 Å². The van der Waals surface area contributed by atoms with Crippen LogP contribution in [0, 0.1) is 5.82 Å². The minimum atomic E-state index is -0.448. The Hall–Kier alpha value is -2.16. The van der Waals surface area contributed by atoms with Crippen LogP contribution in [0.3, 0.4) is 0 Å². The molecule has 2 aromatic rings. The van der Waals surface area contributed by atoms with Crippen LogP contribution in [-0.4, -0.2) is 17.4 Å². The van der Waals surface area contributed by atoms with Gasteiger partial charge in [-0.2, -0.15) is 0 Å². The topological polar surface area (TPSA) is 20.3 Å². The van der Waals surface area contributed by atoms with E-state index in [1.54, 1.807) is 23.1 Å². The van der Waals surface area contributed by atoms with Gasteiger partial charge in [0, 0.05) is 6.54 Å². The highest BCUT2D eigenvalue weighted by molar-refractivity contribution is 5.95. The van der Waals surface area contributed by atoms with Gasteiger partial charge in [0.2, 0.25) is 0 Å². The molecule has 0 aliphatic carbocycles. The number of hydrogen-bond acceptors (Lipinski definition) is 1. The zero-order chi connectivity index (χ0) is 13.9. The molecule has 0 bridgehead atoms. The lowest BCUT2D eigenvalue weighted by Crippen LogP contribution is -2.31. The van der Waals surface area contributed by atoms with E-state index < -0.39 is 5.82 Å². The maximum Gasteiger partial charge on any atom is 0.257 e. The van der Waals surface area contributed by atoms with Crippen molar-refractivity contribution in [2.45, 2.75) is 18.9 Å². The average molecular weight is 269 g/mol. The molecule has 1 aliphatic heterocycles. The monoisotopic (exact) mass is 269 g/mol. The van der Waals surface area contributed by atoms with E-state index in [1.807, 2.05) is 30.3 Å². The van der Waals surface area contributed by atoms with Crippen LogP contribution in [0.25, 0.3) is 0 Å². The third kappa shape index (κ3) is 2.31. The molecule has 1 amide bonds. The summed E-state index contributed by atoms with van der Waals surface area (Å²) in [6, 6.07) is 16.2. The summed E-state index contributed by atoms with van der Waals surface area (Å²) in [4.78, 5) is 14.3. The van der Waals surface area contributed by atoms with Crippen LogP contribution < -0.4 is 0 Å². The zero-order valence-corrected chi connectivity index (χ0v) is 11.1. The van der Waals surface area contributed by atoms with Crippen LogP contribution >= 0.6 is 0 Å². The molecule has 102 valence electrons. The first-order valence-electron chi connectivity index (χ1n) is 6.88. The molecule has 1 heterocycles. The molecule has 3 heteroatoms. The van der Waals surface area contributed by atoms with Gasteiger partial charge in [0.15, 0.2) is 0 Å². The SMILES string of the molecule is O=C(c1ccccc1F)N1CCCC1c1ccccc1. The summed E-state index contributed by atoms with van der Waals surface area (Å²) < 4.78 is 13.8. The van der Waals surface area contributed by atoms with Crippen molar-refractivity contribution in [3.05, 3.63) is 71.5 Å². The highest BCUT2D eigenvalue weighted by Crippen LogP contribution is 2.33. The fraction of sp³-hybridized carbons (Fsp3) is 0.235. The summed E-state index contributed by atoms with van der Waals surface area (Å²) in [6.45, 7) is 0.687. The van der Waals surface area contributed by atoms with E-state index in [4.69, 9.17) is 0 Å². The standard InChI is InChI=1S/C17H16FNO/c18-15-10-5-4-9-14(15)17(20)19-12-6-11-16(19)13-7-2-1-3-8-13/h1-5,7-10,16H,6,11-12H2. The molecular formula is C17H16FNO. The number of likely N-dealkylation sites (tertiary alicyclic amines) is 1. The molecule has 2 nitrogen and oxygen atoms in total. The number of benzene rings is 2. The molecule has 1 fully saturated rings. The quantitative estimate of drug-likeness (QED) is 0.812. The number of carbonyl (C=O) groups is 1. The molecule has 0 aromatic heterocycles. The van der Waals surface area contributed by atoms with Crippen LogP contribution in [-0.2, 0) is 0 Å². The lowest BCUT2D eigenvalue weighted by Gasteiger charge is -2.25. The van der Waals surface area contributed by atoms with Gasteiger partial charge in [-0.3, -0.25) is 4.79 Å². The predicted octanol–water partition coefficient (Wildman–Crippen LogP) is 3.80. The van der Waals surface area contributed by atoms with Gasteiger partial charge in [-0.15, -0.1) is 0 Å². The number of carbonyl (C=O) groups excluding carboxylic acids is 1. The van der Waals surface area contributed by atoms with Crippen LogP contribution in [0.15, 0.2) is 54.6 Å². The van der Waals surface area contributed by atoms with E-state index in [1.165, 1.54) is 6.07 Å². The summed E-state index contributed by atoms with van der Waals surface area (Å²) in [7, 11) is 0. The Morgan fingerprint density at radius 1 is 1.05 bits per heavy atom. The van der Waals surface area contributed by atoms with E-state index in [-0.39, 0.29) is 17.5 Å². The number of amides is 1. The Morgan fingerprint density at radius 2 is 1.75 bits per heavy atom. The summed E-state index contributed by atoms with van der Waals surface area (Å²) in [5.41, 5.74) is 1.28. The Kier molecular flexibility index (Phi) is 3.50. The number of rotatable bonds is 2. The predicted molar refractivity (Wildman–Crippen MR) is 75.9 cm³/mol. The number of hydrogen-bond donors (Lipinski definition) is 0. The molecule has 3 rings (SSSR count).